The molecule has 1 saturated carbocycles. The summed E-state index contributed by atoms with van der Waals surface area (Å²) in [6, 6.07) is 3.01. The van der Waals surface area contributed by atoms with Crippen LogP contribution in [0.25, 0.3) is 0 Å². The zero-order valence-corrected chi connectivity index (χ0v) is 10.1. The number of amides is 1. The fourth-order valence-electron chi connectivity index (χ4n) is 1.96. The molecule has 4 heteroatoms. The summed E-state index contributed by atoms with van der Waals surface area (Å²) in [4.78, 5) is 11.8. The van der Waals surface area contributed by atoms with E-state index in [4.69, 9.17) is 5.73 Å². The largest absolute Gasteiger partial charge is 0.398 e. The molecule has 0 bridgehead atoms. The Morgan fingerprint density at radius 3 is 2.82 bits per heavy atom. The highest BCUT2D eigenvalue weighted by Crippen LogP contribution is 2.33. The molecule has 1 aliphatic carbocycles. The van der Waals surface area contributed by atoms with Crippen molar-refractivity contribution in [2.45, 2.75) is 32.7 Å². The summed E-state index contributed by atoms with van der Waals surface area (Å²) in [5, 5.41) is 2.88. The van der Waals surface area contributed by atoms with Gasteiger partial charge in [0.25, 0.3) is 5.91 Å². The number of rotatable bonds is 3. The molecule has 1 aromatic rings. The Balaban J connectivity index is 2.09. The third-order valence-corrected chi connectivity index (χ3v) is 3.41. The quantitative estimate of drug-likeness (QED) is 0.791. The van der Waals surface area contributed by atoms with Crippen LogP contribution >= 0.6 is 0 Å². The van der Waals surface area contributed by atoms with Crippen molar-refractivity contribution in [3.63, 3.8) is 0 Å². The fraction of sp³-hybridized carbons (Fsp3) is 0.462. The molecule has 0 aromatic heterocycles. The van der Waals surface area contributed by atoms with Gasteiger partial charge in [0.15, 0.2) is 0 Å². The van der Waals surface area contributed by atoms with E-state index in [0.717, 1.165) is 12.8 Å². The molecule has 92 valence electrons. The van der Waals surface area contributed by atoms with Crippen LogP contribution in [0.1, 0.15) is 35.7 Å². The summed E-state index contributed by atoms with van der Waals surface area (Å²) < 4.78 is 13.4. The normalized spacial score (nSPS) is 22.3. The number of nitrogens with one attached hydrogen (secondary N) is 1. The van der Waals surface area contributed by atoms with Gasteiger partial charge in [0.05, 0.1) is 0 Å². The van der Waals surface area contributed by atoms with Crippen LogP contribution in [-0.4, -0.2) is 11.9 Å². The van der Waals surface area contributed by atoms with Gasteiger partial charge in [-0.05, 0) is 31.4 Å². The first-order chi connectivity index (χ1) is 8.02. The Hall–Kier alpha value is -1.58. The third kappa shape index (κ3) is 2.40. The van der Waals surface area contributed by atoms with E-state index in [-0.39, 0.29) is 11.9 Å². The predicted octanol–water partition coefficient (Wildman–Crippen LogP) is 2.24. The molecule has 3 N–H and O–H groups in total. The van der Waals surface area contributed by atoms with E-state index in [9.17, 15) is 9.18 Å². The Morgan fingerprint density at radius 1 is 1.59 bits per heavy atom. The molecule has 2 unspecified atom stereocenters. The fourth-order valence-corrected chi connectivity index (χ4v) is 1.96. The molecule has 17 heavy (non-hydrogen) atoms. The van der Waals surface area contributed by atoms with E-state index < -0.39 is 5.82 Å². The van der Waals surface area contributed by atoms with Gasteiger partial charge in [-0.2, -0.15) is 0 Å². The first-order valence-corrected chi connectivity index (χ1v) is 5.89. The molecule has 1 aromatic carbocycles. The number of carbonyl (C=O) groups is 1. The lowest BCUT2D eigenvalue weighted by molar-refractivity contribution is 0.0948. The average molecular weight is 236 g/mol. The lowest BCUT2D eigenvalue weighted by Gasteiger charge is -2.07. The van der Waals surface area contributed by atoms with Crippen molar-refractivity contribution in [1.82, 2.24) is 5.32 Å². The predicted molar refractivity (Wildman–Crippen MR) is 65.2 cm³/mol. The number of anilines is 1. The summed E-state index contributed by atoms with van der Waals surface area (Å²) in [6.07, 6.45) is 2.08. The van der Waals surface area contributed by atoms with E-state index in [0.29, 0.717) is 22.7 Å². The lowest BCUT2D eigenvalue weighted by Crippen LogP contribution is -2.27. The van der Waals surface area contributed by atoms with Crippen molar-refractivity contribution < 1.29 is 9.18 Å². The van der Waals surface area contributed by atoms with Crippen LogP contribution in [0.4, 0.5) is 10.1 Å². The minimum atomic E-state index is -0.432. The minimum absolute atomic E-state index is 0.239. The molecule has 0 spiro atoms. The molecule has 1 amide bonds. The minimum Gasteiger partial charge on any atom is -0.398 e. The number of nitrogen functional groups attached to an aromatic ring is 1. The first-order valence-electron chi connectivity index (χ1n) is 5.89. The van der Waals surface area contributed by atoms with E-state index in [2.05, 4.69) is 12.2 Å². The molecule has 3 nitrogen and oxygen atoms in total. The number of halogens is 1. The summed E-state index contributed by atoms with van der Waals surface area (Å²) in [7, 11) is 0. The second kappa shape index (κ2) is 4.35. The zero-order valence-electron chi connectivity index (χ0n) is 10.1. The maximum absolute atomic E-state index is 13.4. The van der Waals surface area contributed by atoms with Crippen LogP contribution < -0.4 is 11.1 Å². The molecule has 0 radical (unpaired) electrons. The number of hydrogen-bond donors (Lipinski definition) is 2. The van der Waals surface area contributed by atoms with Crippen LogP contribution in [0, 0.1) is 18.7 Å². The van der Waals surface area contributed by atoms with Crippen molar-refractivity contribution in [2.24, 2.45) is 5.92 Å². The van der Waals surface area contributed by atoms with Crippen LogP contribution in [0.2, 0.25) is 0 Å². The lowest BCUT2D eigenvalue weighted by atomic mass is 10.1. The third-order valence-electron chi connectivity index (χ3n) is 3.41. The average Bonchev–Trinajstić information content (AvgIpc) is 3.03. The second-order valence-corrected chi connectivity index (χ2v) is 4.66. The Bertz CT molecular complexity index is 436. The summed E-state index contributed by atoms with van der Waals surface area (Å²) >= 11 is 0. The van der Waals surface area contributed by atoms with Gasteiger partial charge in [0.2, 0.25) is 0 Å². The molecule has 2 rings (SSSR count). The maximum atomic E-state index is 13.4. The Kier molecular flexibility index (Phi) is 3.05. The molecule has 1 fully saturated rings. The Morgan fingerprint density at radius 2 is 2.29 bits per heavy atom. The topological polar surface area (TPSA) is 55.1 Å². The van der Waals surface area contributed by atoms with Crippen LogP contribution in [0.15, 0.2) is 12.1 Å². The van der Waals surface area contributed by atoms with E-state index in [1.54, 1.807) is 6.92 Å². The zero-order chi connectivity index (χ0) is 12.6. The van der Waals surface area contributed by atoms with Crippen molar-refractivity contribution in [3.05, 3.63) is 29.1 Å². The van der Waals surface area contributed by atoms with E-state index in [1.807, 2.05) is 0 Å². The highest BCUT2D eigenvalue weighted by Gasteiger charge is 2.36. The van der Waals surface area contributed by atoms with Crippen molar-refractivity contribution in [3.8, 4) is 0 Å². The van der Waals surface area contributed by atoms with E-state index >= 15 is 0 Å². The van der Waals surface area contributed by atoms with Crippen LogP contribution in [0.3, 0.4) is 0 Å². The molecular formula is C13H17FN2O. The van der Waals surface area contributed by atoms with Gasteiger partial charge in [0.1, 0.15) is 5.82 Å². The molecule has 0 saturated heterocycles. The monoisotopic (exact) mass is 236 g/mol. The van der Waals surface area contributed by atoms with Crippen molar-refractivity contribution >= 4 is 11.6 Å². The van der Waals surface area contributed by atoms with Crippen LogP contribution in [0.5, 0.6) is 0 Å². The maximum Gasteiger partial charge on any atom is 0.251 e. The van der Waals surface area contributed by atoms with Gasteiger partial charge in [-0.3, -0.25) is 4.79 Å². The van der Waals surface area contributed by atoms with Gasteiger partial charge >= 0.3 is 0 Å². The molecule has 2 atom stereocenters. The highest BCUT2D eigenvalue weighted by atomic mass is 19.1. The van der Waals surface area contributed by atoms with Gasteiger partial charge in [-0.1, -0.05) is 13.3 Å². The van der Waals surface area contributed by atoms with Crippen molar-refractivity contribution in [1.29, 1.82) is 0 Å². The Labute approximate surface area is 100 Å². The van der Waals surface area contributed by atoms with Crippen LogP contribution in [-0.2, 0) is 0 Å². The number of hydrogen-bond acceptors (Lipinski definition) is 2. The number of carbonyl (C=O) groups excluding carboxylic acids is 1. The summed E-state index contributed by atoms with van der Waals surface area (Å²) in [5.41, 5.74) is 6.64. The molecule has 0 heterocycles. The number of nitrogens with two attached hydrogens (primary N) is 1. The van der Waals surface area contributed by atoms with E-state index in [1.165, 1.54) is 12.1 Å². The molecule has 1 aliphatic rings. The van der Waals surface area contributed by atoms with Gasteiger partial charge in [0, 0.05) is 22.9 Å². The standard InChI is InChI=1S/C13H17FN2O/c1-3-8-6-12(8)16-13(17)9-4-10(14)7(2)11(15)5-9/h4-5,8,12H,3,6,15H2,1-2H3,(H,16,17). The first kappa shape index (κ1) is 11.9. The SMILES string of the molecule is CCC1CC1NC(=O)c1cc(N)c(C)c(F)c1. The number of benzene rings is 1. The van der Waals surface area contributed by atoms with Gasteiger partial charge in [-0.25, -0.2) is 4.39 Å². The van der Waals surface area contributed by atoms with Gasteiger partial charge < -0.3 is 11.1 Å². The highest BCUT2D eigenvalue weighted by molar-refractivity contribution is 5.95. The summed E-state index contributed by atoms with van der Waals surface area (Å²) in [5.74, 6) is -0.0962. The molecular weight excluding hydrogens is 219 g/mol. The van der Waals surface area contributed by atoms with Gasteiger partial charge in [-0.15, -0.1) is 0 Å². The smallest absolute Gasteiger partial charge is 0.251 e. The molecule has 0 aliphatic heterocycles. The van der Waals surface area contributed by atoms with Crippen molar-refractivity contribution in [2.75, 3.05) is 5.73 Å². The summed E-state index contributed by atoms with van der Waals surface area (Å²) in [6.45, 7) is 3.70. The second-order valence-electron chi connectivity index (χ2n) is 4.66.